The first kappa shape index (κ1) is 19.3. The van der Waals surface area contributed by atoms with Crippen LogP contribution in [-0.2, 0) is 15.6 Å². The standard InChI is InChI=1S/C20H30O3/c1-8-9-14(18(22)23)10-13-11-15(19(2,3)4)17(21)16(12-13)20(5,6)7/h10-12,21H,8-9H2,1-7H3,(H,22,23). The maximum absolute atomic E-state index is 11.4. The van der Waals surface area contributed by atoms with Crippen LogP contribution < -0.4 is 0 Å². The molecule has 0 saturated heterocycles. The lowest BCUT2D eigenvalue weighted by Gasteiger charge is -2.28. The molecule has 0 heterocycles. The predicted octanol–water partition coefficient (Wildman–Crippen LogP) is 5.26. The lowest BCUT2D eigenvalue weighted by Crippen LogP contribution is -2.17. The van der Waals surface area contributed by atoms with E-state index in [0.29, 0.717) is 17.7 Å². The Kier molecular flexibility index (Phi) is 5.68. The maximum Gasteiger partial charge on any atom is 0.331 e. The van der Waals surface area contributed by atoms with Crippen molar-refractivity contribution in [3.05, 3.63) is 34.4 Å². The number of hydrogen-bond acceptors (Lipinski definition) is 2. The summed E-state index contributed by atoms with van der Waals surface area (Å²) in [7, 11) is 0. The molecule has 2 N–H and O–H groups in total. The Morgan fingerprint density at radius 1 is 1.04 bits per heavy atom. The molecule has 0 spiro atoms. The van der Waals surface area contributed by atoms with Crippen LogP contribution in [-0.4, -0.2) is 16.2 Å². The average molecular weight is 318 g/mol. The second kappa shape index (κ2) is 6.77. The third kappa shape index (κ3) is 4.85. The molecular formula is C20H30O3. The number of carboxylic acids is 1. The highest BCUT2D eigenvalue weighted by atomic mass is 16.4. The van der Waals surface area contributed by atoms with Crippen molar-refractivity contribution in [1.29, 1.82) is 0 Å². The molecule has 0 amide bonds. The van der Waals surface area contributed by atoms with Crippen LogP contribution in [0.1, 0.15) is 78.0 Å². The van der Waals surface area contributed by atoms with Crippen LogP contribution in [0.4, 0.5) is 0 Å². The molecule has 0 aliphatic carbocycles. The van der Waals surface area contributed by atoms with Crippen LogP contribution in [0.2, 0.25) is 0 Å². The van der Waals surface area contributed by atoms with Crippen LogP contribution in [0, 0.1) is 0 Å². The van der Waals surface area contributed by atoms with Crippen molar-refractivity contribution in [1.82, 2.24) is 0 Å². The van der Waals surface area contributed by atoms with Gasteiger partial charge in [-0.3, -0.25) is 0 Å². The highest BCUT2D eigenvalue weighted by molar-refractivity contribution is 5.92. The fourth-order valence-electron chi connectivity index (χ4n) is 2.59. The van der Waals surface area contributed by atoms with Gasteiger partial charge in [0.2, 0.25) is 0 Å². The molecule has 0 radical (unpaired) electrons. The molecule has 0 saturated carbocycles. The van der Waals surface area contributed by atoms with Gasteiger partial charge in [0.15, 0.2) is 0 Å². The first-order valence-electron chi connectivity index (χ1n) is 8.19. The number of phenols is 1. The molecule has 0 bridgehead atoms. The number of aromatic hydroxyl groups is 1. The molecular weight excluding hydrogens is 288 g/mol. The monoisotopic (exact) mass is 318 g/mol. The van der Waals surface area contributed by atoms with Gasteiger partial charge in [-0.2, -0.15) is 0 Å². The van der Waals surface area contributed by atoms with E-state index < -0.39 is 5.97 Å². The van der Waals surface area contributed by atoms with Gasteiger partial charge in [-0.05, 0) is 41.0 Å². The van der Waals surface area contributed by atoms with Crippen molar-refractivity contribution < 1.29 is 15.0 Å². The Labute approximate surface area is 140 Å². The van der Waals surface area contributed by atoms with Crippen molar-refractivity contribution in [3.8, 4) is 5.75 Å². The van der Waals surface area contributed by atoms with Crippen molar-refractivity contribution in [2.24, 2.45) is 0 Å². The topological polar surface area (TPSA) is 57.5 Å². The van der Waals surface area contributed by atoms with Crippen molar-refractivity contribution >= 4 is 12.0 Å². The number of benzene rings is 1. The minimum atomic E-state index is -0.880. The largest absolute Gasteiger partial charge is 0.507 e. The van der Waals surface area contributed by atoms with Gasteiger partial charge in [-0.15, -0.1) is 0 Å². The minimum absolute atomic E-state index is 0.220. The number of aliphatic carboxylic acids is 1. The minimum Gasteiger partial charge on any atom is -0.507 e. The quantitative estimate of drug-likeness (QED) is 0.745. The summed E-state index contributed by atoms with van der Waals surface area (Å²) in [5.41, 5.74) is 2.49. The van der Waals surface area contributed by atoms with Crippen molar-refractivity contribution in [2.45, 2.75) is 72.1 Å². The summed E-state index contributed by atoms with van der Waals surface area (Å²) in [6.07, 6.45) is 3.05. The first-order valence-corrected chi connectivity index (χ1v) is 8.19. The van der Waals surface area contributed by atoms with E-state index in [1.807, 2.05) is 60.6 Å². The van der Waals surface area contributed by atoms with E-state index in [4.69, 9.17) is 0 Å². The Bertz CT molecular complexity index is 576. The molecule has 1 aromatic rings. The number of hydrogen-bond donors (Lipinski definition) is 2. The predicted molar refractivity (Wildman–Crippen MR) is 96.0 cm³/mol. The fraction of sp³-hybridized carbons (Fsp3) is 0.550. The van der Waals surface area contributed by atoms with Gasteiger partial charge in [0, 0.05) is 16.7 Å². The van der Waals surface area contributed by atoms with E-state index in [-0.39, 0.29) is 10.8 Å². The zero-order valence-corrected chi connectivity index (χ0v) is 15.4. The third-order valence-corrected chi connectivity index (χ3v) is 3.88. The number of carbonyl (C=O) groups is 1. The SMILES string of the molecule is CCCC(=Cc1cc(C(C)(C)C)c(O)c(C(C)(C)C)c1)C(=O)O. The summed E-state index contributed by atoms with van der Waals surface area (Å²) in [4.78, 5) is 11.4. The Balaban J connectivity index is 3.62. The lowest BCUT2D eigenvalue weighted by atomic mass is 9.78. The van der Waals surface area contributed by atoms with Crippen LogP contribution >= 0.6 is 0 Å². The maximum atomic E-state index is 11.4. The summed E-state index contributed by atoms with van der Waals surface area (Å²) >= 11 is 0. The molecule has 3 nitrogen and oxygen atoms in total. The van der Waals surface area contributed by atoms with Crippen LogP contribution in [0.3, 0.4) is 0 Å². The van der Waals surface area contributed by atoms with Crippen LogP contribution in [0.5, 0.6) is 5.75 Å². The number of carboxylic acid groups (broad SMARTS) is 1. The summed E-state index contributed by atoms with van der Waals surface area (Å²) in [5.74, 6) is -0.566. The van der Waals surface area contributed by atoms with Crippen molar-refractivity contribution in [2.75, 3.05) is 0 Å². The highest BCUT2D eigenvalue weighted by Crippen LogP contribution is 2.40. The molecule has 1 rings (SSSR count). The average Bonchev–Trinajstić information content (AvgIpc) is 2.37. The van der Waals surface area contributed by atoms with E-state index in [1.165, 1.54) is 0 Å². The second-order valence-corrected chi connectivity index (χ2v) is 8.19. The summed E-state index contributed by atoms with van der Waals surface area (Å²) < 4.78 is 0. The zero-order chi connectivity index (χ0) is 18.0. The normalized spacial score (nSPS) is 13.3. The first-order chi connectivity index (χ1) is 10.4. The Morgan fingerprint density at radius 3 is 1.78 bits per heavy atom. The van der Waals surface area contributed by atoms with Gasteiger partial charge < -0.3 is 10.2 Å². The van der Waals surface area contributed by atoms with Gasteiger partial charge in [0.1, 0.15) is 5.75 Å². The summed E-state index contributed by atoms with van der Waals surface area (Å²) in [6.45, 7) is 14.3. The lowest BCUT2D eigenvalue weighted by molar-refractivity contribution is -0.132. The Morgan fingerprint density at radius 2 is 1.48 bits per heavy atom. The van der Waals surface area contributed by atoms with E-state index in [9.17, 15) is 15.0 Å². The van der Waals surface area contributed by atoms with Gasteiger partial charge in [0.25, 0.3) is 0 Å². The Hall–Kier alpha value is -1.77. The zero-order valence-electron chi connectivity index (χ0n) is 15.4. The molecule has 23 heavy (non-hydrogen) atoms. The molecule has 3 heteroatoms. The molecule has 128 valence electrons. The van der Waals surface area contributed by atoms with Gasteiger partial charge in [-0.1, -0.05) is 54.9 Å². The molecule has 0 fully saturated rings. The van der Waals surface area contributed by atoms with E-state index >= 15 is 0 Å². The molecule has 0 aliphatic rings. The number of rotatable bonds is 4. The van der Waals surface area contributed by atoms with Crippen molar-refractivity contribution in [3.63, 3.8) is 0 Å². The summed E-state index contributed by atoms with van der Waals surface area (Å²) in [5, 5.41) is 20.1. The molecule has 1 aromatic carbocycles. The molecule has 0 aliphatic heterocycles. The van der Waals surface area contributed by atoms with Gasteiger partial charge in [0.05, 0.1) is 0 Å². The summed E-state index contributed by atoms with van der Waals surface area (Å²) in [6, 6.07) is 3.81. The second-order valence-electron chi connectivity index (χ2n) is 8.19. The van der Waals surface area contributed by atoms with Crippen LogP contribution in [0.15, 0.2) is 17.7 Å². The van der Waals surface area contributed by atoms with Gasteiger partial charge >= 0.3 is 5.97 Å². The molecule has 0 unspecified atom stereocenters. The highest BCUT2D eigenvalue weighted by Gasteiger charge is 2.26. The molecule has 0 aromatic heterocycles. The smallest absolute Gasteiger partial charge is 0.331 e. The molecule has 0 atom stereocenters. The van der Waals surface area contributed by atoms with E-state index in [1.54, 1.807) is 6.08 Å². The van der Waals surface area contributed by atoms with E-state index in [0.717, 1.165) is 23.1 Å². The van der Waals surface area contributed by atoms with E-state index in [2.05, 4.69) is 0 Å². The van der Waals surface area contributed by atoms with Gasteiger partial charge in [-0.25, -0.2) is 4.79 Å². The third-order valence-electron chi connectivity index (χ3n) is 3.88. The van der Waals surface area contributed by atoms with Crippen LogP contribution in [0.25, 0.3) is 6.08 Å². The number of phenolic OH excluding ortho intramolecular Hbond substituents is 1. The fourth-order valence-corrected chi connectivity index (χ4v) is 2.59.